The average Bonchev–Trinajstić information content (AvgIpc) is 2.72. The van der Waals surface area contributed by atoms with Gasteiger partial charge in [0, 0.05) is 24.3 Å². The van der Waals surface area contributed by atoms with Gasteiger partial charge in [0.1, 0.15) is 11.5 Å². The van der Waals surface area contributed by atoms with Gasteiger partial charge in [-0.05, 0) is 60.9 Å². The van der Waals surface area contributed by atoms with Crippen molar-refractivity contribution in [2.45, 2.75) is 32.6 Å². The zero-order valence-corrected chi connectivity index (χ0v) is 16.4. The number of fused-ring (bicyclic) bond motifs is 1. The van der Waals surface area contributed by atoms with Crippen molar-refractivity contribution in [3.63, 3.8) is 0 Å². The quantitative estimate of drug-likeness (QED) is 0.754. The molecular weight excluding hydrogens is 356 g/mol. The lowest BCUT2D eigenvalue weighted by molar-refractivity contribution is -0.119. The molecular formula is C22H26N2O4. The number of rotatable bonds is 8. The fraction of sp³-hybridized carbons (Fsp3) is 0.364. The molecule has 2 aromatic carbocycles. The van der Waals surface area contributed by atoms with Gasteiger partial charge in [-0.25, -0.2) is 0 Å². The number of carbonyl (C=O) groups is 2. The molecule has 1 N–H and O–H groups in total. The van der Waals surface area contributed by atoms with Crippen molar-refractivity contribution in [3.8, 4) is 11.5 Å². The number of ether oxygens (including phenoxy) is 2. The zero-order valence-electron chi connectivity index (χ0n) is 16.4. The van der Waals surface area contributed by atoms with Crippen LogP contribution >= 0.6 is 0 Å². The van der Waals surface area contributed by atoms with E-state index in [0.29, 0.717) is 24.3 Å². The lowest BCUT2D eigenvalue weighted by Crippen LogP contribution is -2.35. The molecule has 3 rings (SSSR count). The molecule has 0 saturated heterocycles. The first-order valence-electron chi connectivity index (χ1n) is 9.60. The van der Waals surface area contributed by atoms with E-state index in [9.17, 15) is 9.59 Å². The van der Waals surface area contributed by atoms with Crippen molar-refractivity contribution in [1.29, 1.82) is 0 Å². The predicted molar refractivity (Wildman–Crippen MR) is 109 cm³/mol. The summed E-state index contributed by atoms with van der Waals surface area (Å²) in [4.78, 5) is 26.3. The van der Waals surface area contributed by atoms with Crippen molar-refractivity contribution in [3.05, 3.63) is 48.0 Å². The number of amides is 2. The van der Waals surface area contributed by atoms with Crippen LogP contribution < -0.4 is 19.7 Å². The molecule has 148 valence electrons. The molecule has 0 fully saturated rings. The van der Waals surface area contributed by atoms with Crippen LogP contribution in [0.1, 0.15) is 31.7 Å². The van der Waals surface area contributed by atoms with Crippen LogP contribution in [0.2, 0.25) is 0 Å². The lowest BCUT2D eigenvalue weighted by Gasteiger charge is -2.29. The number of hydrogen-bond acceptors (Lipinski definition) is 4. The van der Waals surface area contributed by atoms with Crippen LogP contribution in [0.3, 0.4) is 0 Å². The van der Waals surface area contributed by atoms with Gasteiger partial charge in [0.25, 0.3) is 5.91 Å². The summed E-state index contributed by atoms with van der Waals surface area (Å²) in [6.45, 7) is 2.77. The molecule has 6 heteroatoms. The number of unbranched alkanes of at least 4 members (excludes halogenated alkanes) is 1. The molecule has 0 bridgehead atoms. The highest BCUT2D eigenvalue weighted by Crippen LogP contribution is 2.30. The Morgan fingerprint density at radius 3 is 2.57 bits per heavy atom. The average molecular weight is 382 g/mol. The fourth-order valence-electron chi connectivity index (χ4n) is 3.22. The van der Waals surface area contributed by atoms with Crippen molar-refractivity contribution < 1.29 is 19.1 Å². The van der Waals surface area contributed by atoms with Crippen LogP contribution in [0.15, 0.2) is 42.5 Å². The number of benzene rings is 2. The van der Waals surface area contributed by atoms with E-state index in [4.69, 9.17) is 9.47 Å². The molecule has 0 spiro atoms. The minimum Gasteiger partial charge on any atom is -0.497 e. The van der Waals surface area contributed by atoms with Gasteiger partial charge in [-0.15, -0.1) is 0 Å². The molecule has 1 aliphatic rings. The number of anilines is 2. The molecule has 0 unspecified atom stereocenters. The summed E-state index contributed by atoms with van der Waals surface area (Å²) in [5.74, 6) is 1.28. The second kappa shape index (κ2) is 9.26. The van der Waals surface area contributed by atoms with Gasteiger partial charge in [-0.1, -0.05) is 13.3 Å². The third kappa shape index (κ3) is 4.82. The van der Waals surface area contributed by atoms with Gasteiger partial charge < -0.3 is 19.7 Å². The standard InChI is InChI=1S/C22H26N2O4/c1-3-4-13-24-20-11-6-17(14-16(20)5-12-22(24)26)23-21(25)15-28-19-9-7-18(27-2)8-10-19/h6-11,14H,3-5,12-13,15H2,1-2H3,(H,23,25). The smallest absolute Gasteiger partial charge is 0.262 e. The molecule has 0 atom stereocenters. The normalized spacial score (nSPS) is 13.1. The topological polar surface area (TPSA) is 67.9 Å². The Balaban J connectivity index is 1.59. The van der Waals surface area contributed by atoms with Crippen molar-refractivity contribution in [2.75, 3.05) is 30.5 Å². The molecule has 2 amide bonds. The van der Waals surface area contributed by atoms with Crippen molar-refractivity contribution in [2.24, 2.45) is 0 Å². The maximum absolute atomic E-state index is 12.2. The second-order valence-corrected chi connectivity index (χ2v) is 6.75. The SMILES string of the molecule is CCCCN1C(=O)CCc2cc(NC(=O)COc3ccc(OC)cc3)ccc21. The number of aryl methyl sites for hydroxylation is 1. The number of nitrogens with one attached hydrogen (secondary N) is 1. The first kappa shape index (κ1) is 19.7. The highest BCUT2D eigenvalue weighted by Gasteiger charge is 2.23. The number of methoxy groups -OCH3 is 1. The molecule has 6 nitrogen and oxygen atoms in total. The van der Waals surface area contributed by atoms with Gasteiger partial charge in [0.15, 0.2) is 6.61 Å². The fourth-order valence-corrected chi connectivity index (χ4v) is 3.22. The Morgan fingerprint density at radius 1 is 1.11 bits per heavy atom. The van der Waals surface area contributed by atoms with E-state index in [2.05, 4.69) is 12.2 Å². The van der Waals surface area contributed by atoms with Gasteiger partial charge in [-0.3, -0.25) is 9.59 Å². The number of carbonyl (C=O) groups excluding carboxylic acids is 2. The Bertz CT molecular complexity index is 833. The first-order valence-corrected chi connectivity index (χ1v) is 9.60. The first-order chi connectivity index (χ1) is 13.6. The molecule has 2 aromatic rings. The highest BCUT2D eigenvalue weighted by atomic mass is 16.5. The Labute approximate surface area is 165 Å². The van der Waals surface area contributed by atoms with E-state index in [1.54, 1.807) is 31.4 Å². The minimum absolute atomic E-state index is 0.0788. The van der Waals surface area contributed by atoms with Crippen LogP contribution in [-0.2, 0) is 16.0 Å². The van der Waals surface area contributed by atoms with E-state index < -0.39 is 0 Å². The Kier molecular flexibility index (Phi) is 6.53. The van der Waals surface area contributed by atoms with E-state index in [1.165, 1.54) is 0 Å². The van der Waals surface area contributed by atoms with Crippen LogP contribution in [-0.4, -0.2) is 32.1 Å². The van der Waals surface area contributed by atoms with E-state index in [-0.39, 0.29) is 18.4 Å². The molecule has 0 radical (unpaired) electrons. The summed E-state index contributed by atoms with van der Waals surface area (Å²) < 4.78 is 10.6. The molecule has 1 aliphatic heterocycles. The van der Waals surface area contributed by atoms with Gasteiger partial charge in [0.05, 0.1) is 7.11 Å². The Hall–Kier alpha value is -3.02. The lowest BCUT2D eigenvalue weighted by atomic mass is 10.00. The summed E-state index contributed by atoms with van der Waals surface area (Å²) in [5.41, 5.74) is 2.76. The van der Waals surface area contributed by atoms with Crippen molar-refractivity contribution in [1.82, 2.24) is 0 Å². The van der Waals surface area contributed by atoms with Gasteiger partial charge >= 0.3 is 0 Å². The third-order valence-electron chi connectivity index (χ3n) is 4.73. The van der Waals surface area contributed by atoms with E-state index in [1.807, 2.05) is 23.1 Å². The van der Waals surface area contributed by atoms with Crippen LogP contribution in [0.4, 0.5) is 11.4 Å². The summed E-state index contributed by atoms with van der Waals surface area (Å²) in [5, 5.41) is 2.86. The molecule has 0 saturated carbocycles. The van der Waals surface area contributed by atoms with E-state index >= 15 is 0 Å². The zero-order chi connectivity index (χ0) is 19.9. The van der Waals surface area contributed by atoms with Crippen LogP contribution in [0, 0.1) is 0 Å². The maximum atomic E-state index is 12.2. The van der Waals surface area contributed by atoms with Gasteiger partial charge in [0.2, 0.25) is 5.91 Å². The summed E-state index contributed by atoms with van der Waals surface area (Å²) >= 11 is 0. The van der Waals surface area contributed by atoms with Crippen LogP contribution in [0.5, 0.6) is 11.5 Å². The summed E-state index contributed by atoms with van der Waals surface area (Å²) in [7, 11) is 1.60. The largest absolute Gasteiger partial charge is 0.497 e. The maximum Gasteiger partial charge on any atom is 0.262 e. The predicted octanol–water partition coefficient (Wildman–Crippen LogP) is 3.79. The monoisotopic (exact) mass is 382 g/mol. The highest BCUT2D eigenvalue weighted by molar-refractivity contribution is 5.97. The second-order valence-electron chi connectivity index (χ2n) is 6.75. The molecule has 28 heavy (non-hydrogen) atoms. The minimum atomic E-state index is -0.231. The van der Waals surface area contributed by atoms with Crippen LogP contribution in [0.25, 0.3) is 0 Å². The summed E-state index contributed by atoms with van der Waals surface area (Å²) in [6.07, 6.45) is 3.23. The number of nitrogens with zero attached hydrogens (tertiary/aromatic N) is 1. The van der Waals surface area contributed by atoms with Crippen molar-refractivity contribution >= 4 is 23.2 Å². The summed E-state index contributed by atoms with van der Waals surface area (Å²) in [6, 6.07) is 12.8. The van der Waals surface area contributed by atoms with Gasteiger partial charge in [-0.2, -0.15) is 0 Å². The molecule has 0 aromatic heterocycles. The third-order valence-corrected chi connectivity index (χ3v) is 4.73. The van der Waals surface area contributed by atoms with E-state index in [0.717, 1.165) is 36.4 Å². The molecule has 0 aliphatic carbocycles. The number of hydrogen-bond donors (Lipinski definition) is 1. The Morgan fingerprint density at radius 2 is 1.86 bits per heavy atom. The molecule has 1 heterocycles.